The van der Waals surface area contributed by atoms with Gasteiger partial charge < -0.3 is 25.7 Å². The minimum absolute atomic E-state index is 0.0237. The molecule has 2 aromatic rings. The zero-order valence-electron chi connectivity index (χ0n) is 16.4. The number of carboxylic acids is 2. The lowest BCUT2D eigenvalue weighted by Gasteiger charge is -2.16. The third-order valence-corrected chi connectivity index (χ3v) is 4.38. The van der Waals surface area contributed by atoms with Gasteiger partial charge in [-0.15, -0.1) is 0 Å². The molecule has 154 valence electrons. The van der Waals surface area contributed by atoms with Crippen molar-refractivity contribution in [3.63, 3.8) is 0 Å². The van der Waals surface area contributed by atoms with Crippen LogP contribution in [0.1, 0.15) is 39.1 Å². The molecule has 0 fully saturated rings. The van der Waals surface area contributed by atoms with E-state index in [1.165, 1.54) is 6.07 Å². The van der Waals surface area contributed by atoms with Crippen LogP contribution in [0, 0.1) is 0 Å². The number of amides is 2. The molecule has 0 atom stereocenters. The van der Waals surface area contributed by atoms with Crippen LogP contribution in [0.25, 0.3) is 0 Å². The lowest BCUT2D eigenvalue weighted by molar-refractivity contribution is 0.0686. The number of rotatable bonds is 9. The number of aromatic carboxylic acids is 2. The number of nitrogens with one attached hydrogen (secondary N) is 2. The Kier molecular flexibility index (Phi) is 7.59. The molecule has 0 spiro atoms. The zero-order chi connectivity index (χ0) is 21.4. The second kappa shape index (κ2) is 10.1. The summed E-state index contributed by atoms with van der Waals surface area (Å²) in [6, 6.07) is 11.0. The molecule has 2 amide bonds. The summed E-state index contributed by atoms with van der Waals surface area (Å²) >= 11 is 0. The van der Waals surface area contributed by atoms with Gasteiger partial charge in [0.25, 0.3) is 0 Å². The fraction of sp³-hybridized carbons (Fsp3) is 0.286. The Morgan fingerprint density at radius 1 is 0.931 bits per heavy atom. The highest BCUT2D eigenvalue weighted by molar-refractivity contribution is 6.00. The second-order valence-corrected chi connectivity index (χ2v) is 6.77. The van der Waals surface area contributed by atoms with Gasteiger partial charge in [-0.2, -0.15) is 0 Å². The van der Waals surface area contributed by atoms with Crippen molar-refractivity contribution in [2.45, 2.75) is 19.3 Å². The summed E-state index contributed by atoms with van der Waals surface area (Å²) in [4.78, 5) is 36.1. The molecular formula is C21H25N3O5. The Morgan fingerprint density at radius 2 is 1.62 bits per heavy atom. The minimum atomic E-state index is -1.11. The van der Waals surface area contributed by atoms with Crippen LogP contribution in [0.5, 0.6) is 0 Å². The Labute approximate surface area is 169 Å². The average Bonchev–Trinajstić information content (AvgIpc) is 2.67. The van der Waals surface area contributed by atoms with Crippen molar-refractivity contribution in [2.24, 2.45) is 0 Å². The molecule has 8 heteroatoms. The largest absolute Gasteiger partial charge is 0.478 e. The van der Waals surface area contributed by atoms with Crippen LogP contribution in [0.3, 0.4) is 0 Å². The van der Waals surface area contributed by atoms with Gasteiger partial charge in [-0.05, 0) is 55.2 Å². The lowest BCUT2D eigenvalue weighted by atomic mass is 10.1. The Balaban J connectivity index is 1.80. The molecule has 2 aromatic carbocycles. The summed E-state index contributed by atoms with van der Waals surface area (Å²) < 4.78 is 0. The maximum atomic E-state index is 12.1. The van der Waals surface area contributed by atoms with E-state index >= 15 is 0 Å². The molecule has 0 aliphatic heterocycles. The number of unbranched alkanes of at least 4 members (excludes halogenated alkanes) is 1. The van der Waals surface area contributed by atoms with Crippen molar-refractivity contribution in [3.8, 4) is 0 Å². The number of benzene rings is 2. The van der Waals surface area contributed by atoms with Crippen molar-refractivity contribution in [2.75, 3.05) is 30.9 Å². The van der Waals surface area contributed by atoms with Gasteiger partial charge in [-0.3, -0.25) is 0 Å². The Hall–Kier alpha value is -3.55. The van der Waals surface area contributed by atoms with Gasteiger partial charge >= 0.3 is 18.0 Å². The Bertz CT molecular complexity index is 878. The first kappa shape index (κ1) is 21.7. The first-order chi connectivity index (χ1) is 13.8. The SMILES string of the molecule is CN(C)c1ccc(C(=O)O)c(NC(=O)NCCCCc2ccc(C(=O)O)cc2)c1. The van der Waals surface area contributed by atoms with Gasteiger partial charge in [-0.1, -0.05) is 12.1 Å². The summed E-state index contributed by atoms with van der Waals surface area (Å²) in [7, 11) is 3.66. The third kappa shape index (κ3) is 6.53. The fourth-order valence-electron chi connectivity index (χ4n) is 2.74. The van der Waals surface area contributed by atoms with Crippen molar-refractivity contribution in [3.05, 3.63) is 59.2 Å². The van der Waals surface area contributed by atoms with E-state index in [9.17, 15) is 19.5 Å². The molecule has 8 nitrogen and oxygen atoms in total. The number of carbonyl (C=O) groups excluding carboxylic acids is 1. The van der Waals surface area contributed by atoms with Crippen molar-refractivity contribution in [1.29, 1.82) is 0 Å². The smallest absolute Gasteiger partial charge is 0.337 e. The van der Waals surface area contributed by atoms with E-state index in [-0.39, 0.29) is 16.8 Å². The molecule has 0 aliphatic rings. The monoisotopic (exact) mass is 399 g/mol. The maximum absolute atomic E-state index is 12.1. The molecule has 0 saturated heterocycles. The van der Waals surface area contributed by atoms with Gasteiger partial charge in [-0.25, -0.2) is 14.4 Å². The van der Waals surface area contributed by atoms with Gasteiger partial charge in [0.15, 0.2) is 0 Å². The number of carboxylic acid groups (broad SMARTS) is 2. The molecule has 0 bridgehead atoms. The number of anilines is 2. The quantitative estimate of drug-likeness (QED) is 0.481. The van der Waals surface area contributed by atoms with Crippen LogP contribution in [0.2, 0.25) is 0 Å². The first-order valence-corrected chi connectivity index (χ1v) is 9.19. The third-order valence-electron chi connectivity index (χ3n) is 4.38. The molecule has 0 radical (unpaired) electrons. The summed E-state index contributed by atoms with van der Waals surface area (Å²) in [5.41, 5.74) is 2.33. The fourth-order valence-corrected chi connectivity index (χ4v) is 2.74. The molecule has 0 saturated carbocycles. The van der Waals surface area contributed by atoms with Crippen molar-refractivity contribution < 1.29 is 24.6 Å². The molecule has 0 aliphatic carbocycles. The summed E-state index contributed by atoms with van der Waals surface area (Å²) in [5.74, 6) is -2.06. The van der Waals surface area contributed by atoms with Gasteiger partial charge in [0.1, 0.15) is 0 Å². The van der Waals surface area contributed by atoms with Crippen LogP contribution in [-0.2, 0) is 6.42 Å². The maximum Gasteiger partial charge on any atom is 0.337 e. The number of hydrogen-bond donors (Lipinski definition) is 4. The highest BCUT2D eigenvalue weighted by Gasteiger charge is 2.13. The standard InChI is InChI=1S/C21H25N3O5/c1-24(2)16-10-11-17(20(27)28)18(13-16)23-21(29)22-12-4-3-5-14-6-8-15(9-7-14)19(25)26/h6-11,13H,3-5,12H2,1-2H3,(H,25,26)(H,27,28)(H2,22,23,29). The van der Waals surface area contributed by atoms with Crippen LogP contribution in [0.4, 0.5) is 16.2 Å². The predicted octanol–water partition coefficient (Wildman–Crippen LogP) is 3.29. The molecule has 2 rings (SSSR count). The van der Waals surface area contributed by atoms with E-state index < -0.39 is 18.0 Å². The van der Waals surface area contributed by atoms with Gasteiger partial charge in [0, 0.05) is 26.3 Å². The van der Waals surface area contributed by atoms with Crippen LogP contribution in [0.15, 0.2) is 42.5 Å². The number of urea groups is 1. The second-order valence-electron chi connectivity index (χ2n) is 6.77. The molecule has 0 heterocycles. The number of aryl methyl sites for hydroxylation is 1. The summed E-state index contributed by atoms with van der Waals surface area (Å²) in [6.45, 7) is 0.439. The molecular weight excluding hydrogens is 374 g/mol. The van der Waals surface area contributed by atoms with Crippen LogP contribution in [-0.4, -0.2) is 48.8 Å². The number of carbonyl (C=O) groups is 3. The minimum Gasteiger partial charge on any atom is -0.478 e. The van der Waals surface area contributed by atoms with E-state index in [4.69, 9.17) is 5.11 Å². The molecule has 29 heavy (non-hydrogen) atoms. The number of nitrogens with zero attached hydrogens (tertiary/aromatic N) is 1. The van der Waals surface area contributed by atoms with E-state index in [1.807, 2.05) is 19.0 Å². The zero-order valence-corrected chi connectivity index (χ0v) is 16.4. The summed E-state index contributed by atoms with van der Waals surface area (Å²) in [5, 5.41) is 23.5. The van der Waals surface area contributed by atoms with Crippen LogP contribution >= 0.6 is 0 Å². The Morgan fingerprint density at radius 3 is 2.21 bits per heavy atom. The van der Waals surface area contributed by atoms with Crippen LogP contribution < -0.4 is 15.5 Å². The predicted molar refractivity (Wildman–Crippen MR) is 111 cm³/mol. The summed E-state index contributed by atoms with van der Waals surface area (Å²) in [6.07, 6.45) is 2.33. The first-order valence-electron chi connectivity index (χ1n) is 9.19. The molecule has 0 aromatic heterocycles. The van der Waals surface area contributed by atoms with Crippen molar-refractivity contribution in [1.82, 2.24) is 5.32 Å². The van der Waals surface area contributed by atoms with E-state index in [1.54, 1.807) is 36.4 Å². The van der Waals surface area contributed by atoms with E-state index in [0.717, 1.165) is 30.5 Å². The topological polar surface area (TPSA) is 119 Å². The molecule has 0 unspecified atom stereocenters. The van der Waals surface area contributed by atoms with E-state index in [2.05, 4.69) is 10.6 Å². The lowest BCUT2D eigenvalue weighted by Crippen LogP contribution is -2.30. The van der Waals surface area contributed by atoms with Crippen molar-refractivity contribution >= 4 is 29.3 Å². The highest BCUT2D eigenvalue weighted by atomic mass is 16.4. The number of hydrogen-bond acceptors (Lipinski definition) is 4. The normalized spacial score (nSPS) is 10.3. The average molecular weight is 399 g/mol. The van der Waals surface area contributed by atoms with Gasteiger partial charge in [0.2, 0.25) is 0 Å². The highest BCUT2D eigenvalue weighted by Crippen LogP contribution is 2.22. The molecule has 4 N–H and O–H groups in total. The van der Waals surface area contributed by atoms with Gasteiger partial charge in [0.05, 0.1) is 16.8 Å². The van der Waals surface area contributed by atoms with E-state index in [0.29, 0.717) is 6.54 Å².